The Morgan fingerprint density at radius 3 is 0.0182 bits per heavy atom. The molecule has 0 spiro atoms. The predicted octanol–water partition coefficient (Wildman–Crippen LogP) is 43.8. The van der Waals surface area contributed by atoms with E-state index in [-0.39, 0.29) is 1300 Å². The number of halogens is 100. The molecule has 0 saturated heterocycles. The van der Waals surface area contributed by atoms with Gasteiger partial charge in [-0.25, -0.2) is 0 Å². The van der Waals surface area contributed by atoms with Crippen LogP contribution in [0.3, 0.4) is 0 Å². The lowest BCUT2D eigenvalue weighted by Gasteiger charge is -0.345. The van der Waals surface area contributed by atoms with Gasteiger partial charge in [-0.15, -0.1) is 1240 Å². The van der Waals surface area contributed by atoms with Crippen LogP contribution in [0.2, 0.25) is 0 Å². The quantitative estimate of drug-likeness (QED) is 0.109. The van der Waals surface area contributed by atoms with Crippen molar-refractivity contribution in [1.29, 1.82) is 0 Å². The monoisotopic (exact) mass is 3770 g/mol. The summed E-state index contributed by atoms with van der Waals surface area (Å²) < 4.78 is 0. The van der Waals surface area contributed by atoms with E-state index >= 15 is 0 Å². The first kappa shape index (κ1) is 3210. The second-order valence-electron chi connectivity index (χ2n) is 0. The zero-order valence-corrected chi connectivity index (χ0v) is 130. The van der Waals surface area contributed by atoms with E-state index in [1.54, 1.807) is 0 Å². The molecule has 0 atom stereocenters. The van der Waals surface area contributed by atoms with Crippen LogP contribution in [0.25, 0.3) is 0 Å². The first-order valence-corrected chi connectivity index (χ1v) is 0. The Morgan fingerprint density at radius 1 is 0.0182 bits per heavy atom. The van der Waals surface area contributed by atoms with Crippen molar-refractivity contribution in [3.8, 4) is 0 Å². The van der Waals surface area contributed by atoms with E-state index < -0.39 is 0 Å². The van der Waals surface area contributed by atoms with Crippen molar-refractivity contribution < 1.29 is 0 Å². The van der Waals surface area contributed by atoms with Gasteiger partial charge in [0.25, 0.3) is 0 Å². The molecule has 0 aromatic rings. The summed E-state index contributed by atoms with van der Waals surface area (Å²) in [4.78, 5) is 0. The second-order valence-corrected chi connectivity index (χ2v) is 0. The maximum Gasteiger partial charge on any atom is -0.147 e. The fourth-order valence-corrected chi connectivity index (χ4v) is 0. The molecule has 880 valence electrons. The Balaban J connectivity index is 0. The van der Waals surface area contributed by atoms with Crippen LogP contribution in [-0.4, -0.2) is 0 Å². The average Bonchev–Trinajstić information content (AvgIpc) is 0. The number of hydrogen-bond acceptors (Lipinski definition) is 10. The zero-order valence-electron chi connectivity index (χ0n) is 47.9. The molecular weight excluding hydrogens is 3690 g/mol. The largest absolute Gasteiger partial charge is 0.344 e. The van der Waals surface area contributed by atoms with Gasteiger partial charge in [-0.3, -0.25) is 0 Å². The van der Waals surface area contributed by atoms with Crippen LogP contribution in [0.5, 0.6) is 0 Å². The molecule has 0 fully saturated rings. The molecule has 0 aliphatic rings. The Labute approximate surface area is 1280 Å². The van der Waals surface area contributed by atoms with Crippen molar-refractivity contribution in [3.05, 3.63) is 0 Å². The minimum Gasteiger partial charge on any atom is -0.344 e. The third-order valence-electron chi connectivity index (χ3n) is 0. The van der Waals surface area contributed by atoms with Crippen molar-refractivity contribution in [2.75, 3.05) is 0 Å². The molecule has 110 heteroatoms. The topological polar surface area (TPSA) is 350 Å². The number of hydrogen-bond donors (Lipinski definition) is 10. The molecular formula is H130Cl100N10. The lowest BCUT2D eigenvalue weighted by atomic mass is 14.0. The van der Waals surface area contributed by atoms with Crippen molar-refractivity contribution in [1.82, 2.24) is 61.5 Å². The summed E-state index contributed by atoms with van der Waals surface area (Å²) in [6, 6.07) is 0. The molecule has 0 aromatic heterocycles. The van der Waals surface area contributed by atoms with Gasteiger partial charge in [0.2, 0.25) is 0 Å². The summed E-state index contributed by atoms with van der Waals surface area (Å²) in [5.41, 5.74) is 0. The fourth-order valence-electron chi connectivity index (χ4n) is 0. The maximum atomic E-state index is 0. The molecule has 0 bridgehead atoms. The molecule has 110 heavy (non-hydrogen) atoms. The van der Waals surface area contributed by atoms with Crippen molar-refractivity contribution in [2.24, 2.45) is 0 Å². The van der Waals surface area contributed by atoms with Gasteiger partial charge in [-0.05, 0) is 0 Å². The van der Waals surface area contributed by atoms with Gasteiger partial charge < -0.3 is 61.5 Å². The van der Waals surface area contributed by atoms with Gasteiger partial charge in [0.05, 0.1) is 0 Å². The molecule has 0 rings (SSSR count). The van der Waals surface area contributed by atoms with E-state index in [9.17, 15) is 0 Å². The molecule has 0 aliphatic heterocycles. The van der Waals surface area contributed by atoms with Crippen LogP contribution in [-0.2, 0) is 0 Å². The third-order valence-corrected chi connectivity index (χ3v) is 0. The van der Waals surface area contributed by atoms with Gasteiger partial charge >= 0.3 is 0 Å². The minimum atomic E-state index is 0. The van der Waals surface area contributed by atoms with Crippen LogP contribution in [0.1, 0.15) is 0 Å². The molecule has 0 heterocycles. The normalized spacial score (nSPS) is 0. The first-order chi connectivity index (χ1) is 0. The molecule has 0 aliphatic carbocycles. The van der Waals surface area contributed by atoms with E-state index in [1.807, 2.05) is 0 Å². The van der Waals surface area contributed by atoms with Crippen LogP contribution < -0.4 is 61.5 Å². The average molecular weight is 3820 g/mol. The van der Waals surface area contributed by atoms with E-state index in [1.165, 1.54) is 0 Å². The van der Waals surface area contributed by atoms with Gasteiger partial charge in [0.1, 0.15) is 0 Å². The van der Waals surface area contributed by atoms with Gasteiger partial charge in [0.15, 0.2) is 0 Å². The van der Waals surface area contributed by atoms with E-state index in [0.29, 0.717) is 0 Å². The van der Waals surface area contributed by atoms with E-state index in [4.69, 9.17) is 0 Å². The van der Waals surface area contributed by atoms with Crippen molar-refractivity contribution in [3.63, 3.8) is 0 Å². The van der Waals surface area contributed by atoms with Crippen molar-refractivity contribution >= 4 is 1240 Å². The lowest BCUT2D eigenvalue weighted by molar-refractivity contribution is 2.13. The highest BCUT2D eigenvalue weighted by Gasteiger charge is -0.0441. The molecule has 0 radical (unpaired) electrons. The van der Waals surface area contributed by atoms with Crippen LogP contribution in [0, 0.1) is 0 Å². The smallest absolute Gasteiger partial charge is 0.147 e. The molecule has 30 N–H and O–H groups in total. The van der Waals surface area contributed by atoms with Gasteiger partial charge in [-0.1, -0.05) is 0 Å². The molecule has 0 unspecified atom stereocenters. The Kier molecular flexibility index (Phi) is 91600. The number of rotatable bonds is 0. The molecule has 10 nitrogen and oxygen atoms in total. The Bertz CT molecular complexity index is 48.3. The van der Waals surface area contributed by atoms with Crippen LogP contribution in [0.4, 0.5) is 0 Å². The minimum absolute atomic E-state index is 0. The highest BCUT2D eigenvalue weighted by Crippen LogP contribution is 0.789. The SMILES string of the molecule is Cl.Cl.Cl.Cl.Cl.Cl.Cl.Cl.Cl.Cl.Cl.Cl.Cl.Cl.Cl.Cl.Cl.Cl.Cl.Cl.Cl.Cl.Cl.Cl.Cl.Cl.Cl.Cl.Cl.Cl.Cl.Cl.Cl.Cl.Cl.Cl.Cl.Cl.Cl.Cl.Cl.Cl.Cl.Cl.Cl.Cl.Cl.Cl.Cl.Cl.Cl.Cl.Cl.Cl.Cl.Cl.Cl.Cl.Cl.Cl.Cl.Cl.Cl.Cl.Cl.Cl.Cl.Cl.Cl.Cl.Cl.Cl.Cl.Cl.Cl.Cl.Cl.Cl.Cl.Cl.Cl.Cl.Cl.Cl.Cl.Cl.Cl.Cl.Cl.Cl.Cl.Cl.Cl.Cl.Cl.Cl.Cl.Cl.Cl.Cl.N.N.N.N.N.N.N.N.N.N. The fraction of sp³-hybridized carbons (Fsp3) is 0. The van der Waals surface area contributed by atoms with Crippen LogP contribution in [0.15, 0.2) is 0 Å². The standard InChI is InChI=1S/100ClH.10H3N/h100*1H;10*1H3. The van der Waals surface area contributed by atoms with Crippen LogP contribution >= 0.6 is 1240 Å². The summed E-state index contributed by atoms with van der Waals surface area (Å²) in [7, 11) is 0. The molecule has 0 aromatic carbocycles. The summed E-state index contributed by atoms with van der Waals surface area (Å²) in [5, 5.41) is 0. The summed E-state index contributed by atoms with van der Waals surface area (Å²) >= 11 is 0. The van der Waals surface area contributed by atoms with Gasteiger partial charge in [0, 0.05) is 0 Å². The zero-order chi connectivity index (χ0) is 0. The highest BCUT2D eigenvalue weighted by molar-refractivity contribution is 5.95. The third kappa shape index (κ3) is 3070. The summed E-state index contributed by atoms with van der Waals surface area (Å²) in [6.45, 7) is 0. The summed E-state index contributed by atoms with van der Waals surface area (Å²) in [5.74, 6) is 0. The molecule has 0 saturated carbocycles. The first-order valence-electron chi connectivity index (χ1n) is 0. The Morgan fingerprint density at radius 2 is 0.0182 bits per heavy atom. The predicted molar refractivity (Wildman–Crippen MR) is 775 cm³/mol. The summed E-state index contributed by atoms with van der Waals surface area (Å²) in [6.07, 6.45) is 0. The molecule has 0 amide bonds. The van der Waals surface area contributed by atoms with E-state index in [0.717, 1.165) is 0 Å². The van der Waals surface area contributed by atoms with Gasteiger partial charge in [-0.2, -0.15) is 0 Å². The second kappa shape index (κ2) is 3140. The highest BCUT2D eigenvalue weighted by atomic mass is 35.6. The Hall–Kier alpha value is 28.6. The van der Waals surface area contributed by atoms with E-state index in [2.05, 4.69) is 0 Å². The van der Waals surface area contributed by atoms with Crippen molar-refractivity contribution in [2.45, 2.75) is 0 Å². The lowest BCUT2D eigenvalue weighted by Crippen LogP contribution is -0.482. The maximum absolute atomic E-state index is 0.